The molecule has 1 nitrogen and oxygen atoms in total. The van der Waals surface area contributed by atoms with Crippen LogP contribution in [-0.2, 0) is 0 Å². The van der Waals surface area contributed by atoms with Crippen molar-refractivity contribution in [2.24, 2.45) is 0 Å². The molecule has 62 valence electrons. The lowest BCUT2D eigenvalue weighted by Gasteiger charge is -2.17. The average molecular weight is 161 g/mol. The van der Waals surface area contributed by atoms with E-state index < -0.39 is 0 Å². The first kappa shape index (κ1) is 10.3. The minimum Gasteiger partial charge on any atom is -0.316 e. The largest absolute Gasteiger partial charge is 0.316 e. The second-order valence-corrected chi connectivity index (χ2v) is 4.14. The van der Waals surface area contributed by atoms with Gasteiger partial charge in [0.25, 0.3) is 0 Å². The number of hydrogen-bond donors (Lipinski definition) is 1. The number of hydrogen-bond acceptors (Lipinski definition) is 2. The van der Waals surface area contributed by atoms with Crippen LogP contribution < -0.4 is 5.32 Å². The molecule has 0 heterocycles. The first-order chi connectivity index (χ1) is 4.72. The third-order valence-corrected chi connectivity index (χ3v) is 3.32. The Labute approximate surface area is 69.0 Å². The fourth-order valence-corrected chi connectivity index (χ4v) is 1.72. The van der Waals surface area contributed by atoms with Gasteiger partial charge in [0.15, 0.2) is 0 Å². The van der Waals surface area contributed by atoms with Gasteiger partial charge in [-0.2, -0.15) is 11.8 Å². The maximum atomic E-state index is 3.25. The maximum absolute atomic E-state index is 3.25. The normalized spacial score (nSPS) is 16.8. The summed E-state index contributed by atoms with van der Waals surface area (Å²) < 4.78 is 0. The highest BCUT2D eigenvalue weighted by molar-refractivity contribution is 7.99. The van der Waals surface area contributed by atoms with Crippen LogP contribution in [0.1, 0.15) is 27.2 Å². The van der Waals surface area contributed by atoms with Crippen LogP contribution in [0, 0.1) is 0 Å². The quantitative estimate of drug-likeness (QED) is 0.663. The first-order valence-corrected chi connectivity index (χ1v) is 5.06. The van der Waals surface area contributed by atoms with Gasteiger partial charge in [0, 0.05) is 11.3 Å². The molecule has 10 heavy (non-hydrogen) atoms. The van der Waals surface area contributed by atoms with E-state index >= 15 is 0 Å². The zero-order chi connectivity index (χ0) is 7.98. The standard InChI is InChI=1S/C8H19NS/c1-5-6-10-8(3)7(2)9-4/h7-9H,5-6H2,1-4H3. The molecule has 0 aliphatic carbocycles. The summed E-state index contributed by atoms with van der Waals surface area (Å²) in [7, 11) is 2.02. The monoisotopic (exact) mass is 161 g/mol. The van der Waals surface area contributed by atoms with Crippen molar-refractivity contribution < 1.29 is 0 Å². The summed E-state index contributed by atoms with van der Waals surface area (Å²) in [5.41, 5.74) is 0. The van der Waals surface area contributed by atoms with Gasteiger partial charge in [-0.15, -0.1) is 0 Å². The summed E-state index contributed by atoms with van der Waals surface area (Å²) >= 11 is 2.05. The highest BCUT2D eigenvalue weighted by atomic mass is 32.2. The summed E-state index contributed by atoms with van der Waals surface area (Å²) in [5, 5.41) is 3.99. The van der Waals surface area contributed by atoms with E-state index in [1.165, 1.54) is 12.2 Å². The molecule has 0 aromatic rings. The number of rotatable bonds is 5. The average Bonchev–Trinajstić information content (AvgIpc) is 1.98. The smallest absolute Gasteiger partial charge is 0.0170 e. The SMILES string of the molecule is CCCSC(C)C(C)NC. The Morgan fingerprint density at radius 1 is 1.40 bits per heavy atom. The Morgan fingerprint density at radius 3 is 2.40 bits per heavy atom. The van der Waals surface area contributed by atoms with Gasteiger partial charge in [0.2, 0.25) is 0 Å². The Kier molecular flexibility index (Phi) is 6.24. The minimum atomic E-state index is 0.636. The predicted molar refractivity (Wildman–Crippen MR) is 50.7 cm³/mol. The van der Waals surface area contributed by atoms with Crippen molar-refractivity contribution in [1.82, 2.24) is 5.32 Å². The molecular formula is C8H19NS. The summed E-state index contributed by atoms with van der Waals surface area (Å²) in [4.78, 5) is 0. The van der Waals surface area contributed by atoms with Crippen molar-refractivity contribution in [3.63, 3.8) is 0 Å². The topological polar surface area (TPSA) is 12.0 Å². The number of nitrogens with one attached hydrogen (secondary N) is 1. The third-order valence-electron chi connectivity index (χ3n) is 1.74. The van der Waals surface area contributed by atoms with E-state index in [0.717, 1.165) is 5.25 Å². The van der Waals surface area contributed by atoms with Crippen LogP contribution in [0.4, 0.5) is 0 Å². The zero-order valence-electron chi connectivity index (χ0n) is 7.48. The third kappa shape index (κ3) is 4.18. The Bertz CT molecular complexity index is 75.7. The molecule has 0 aliphatic heterocycles. The number of thioether (sulfide) groups is 1. The molecule has 2 atom stereocenters. The summed E-state index contributed by atoms with van der Waals surface area (Å²) in [5.74, 6) is 1.28. The van der Waals surface area contributed by atoms with Crippen LogP contribution >= 0.6 is 11.8 Å². The maximum Gasteiger partial charge on any atom is 0.0170 e. The molecule has 0 radical (unpaired) electrons. The van der Waals surface area contributed by atoms with E-state index in [0.29, 0.717) is 6.04 Å². The van der Waals surface area contributed by atoms with Crippen molar-refractivity contribution >= 4 is 11.8 Å². The molecule has 0 bridgehead atoms. The molecule has 0 aromatic heterocycles. The van der Waals surface area contributed by atoms with Crippen molar-refractivity contribution in [2.45, 2.75) is 38.5 Å². The fourth-order valence-electron chi connectivity index (χ4n) is 0.683. The van der Waals surface area contributed by atoms with Gasteiger partial charge in [0.05, 0.1) is 0 Å². The van der Waals surface area contributed by atoms with Gasteiger partial charge in [-0.1, -0.05) is 13.8 Å². The van der Waals surface area contributed by atoms with Crippen molar-refractivity contribution in [3.05, 3.63) is 0 Å². The molecule has 0 aliphatic rings. The van der Waals surface area contributed by atoms with E-state index in [1.54, 1.807) is 0 Å². The Hall–Kier alpha value is 0.310. The van der Waals surface area contributed by atoms with Crippen LogP contribution in [0.3, 0.4) is 0 Å². The van der Waals surface area contributed by atoms with E-state index in [9.17, 15) is 0 Å². The van der Waals surface area contributed by atoms with E-state index in [-0.39, 0.29) is 0 Å². The summed E-state index contributed by atoms with van der Waals surface area (Å²) in [6, 6.07) is 0.636. The summed E-state index contributed by atoms with van der Waals surface area (Å²) in [6.07, 6.45) is 1.28. The molecule has 2 heteroatoms. The van der Waals surface area contributed by atoms with Crippen LogP contribution in [0.5, 0.6) is 0 Å². The van der Waals surface area contributed by atoms with E-state index in [4.69, 9.17) is 0 Å². The molecular weight excluding hydrogens is 142 g/mol. The predicted octanol–water partition coefficient (Wildman–Crippen LogP) is 2.13. The van der Waals surface area contributed by atoms with Gasteiger partial charge < -0.3 is 5.32 Å². The molecule has 2 unspecified atom stereocenters. The Balaban J connectivity index is 3.31. The Morgan fingerprint density at radius 2 is 2.00 bits per heavy atom. The molecule has 0 spiro atoms. The molecule has 0 saturated heterocycles. The van der Waals surface area contributed by atoms with Crippen LogP contribution in [0.2, 0.25) is 0 Å². The van der Waals surface area contributed by atoms with Gasteiger partial charge in [-0.05, 0) is 26.1 Å². The van der Waals surface area contributed by atoms with Crippen molar-refractivity contribution in [2.75, 3.05) is 12.8 Å². The van der Waals surface area contributed by atoms with Crippen LogP contribution in [-0.4, -0.2) is 24.1 Å². The molecule has 0 rings (SSSR count). The highest BCUT2D eigenvalue weighted by Gasteiger charge is 2.08. The molecule has 1 N–H and O–H groups in total. The van der Waals surface area contributed by atoms with Gasteiger partial charge in [-0.3, -0.25) is 0 Å². The van der Waals surface area contributed by atoms with Crippen LogP contribution in [0.15, 0.2) is 0 Å². The fraction of sp³-hybridized carbons (Fsp3) is 1.00. The second-order valence-electron chi connectivity index (χ2n) is 2.65. The minimum absolute atomic E-state index is 0.636. The highest BCUT2D eigenvalue weighted by Crippen LogP contribution is 2.14. The lowest BCUT2D eigenvalue weighted by Crippen LogP contribution is -2.30. The van der Waals surface area contributed by atoms with Crippen LogP contribution in [0.25, 0.3) is 0 Å². The van der Waals surface area contributed by atoms with Gasteiger partial charge in [0.1, 0.15) is 0 Å². The van der Waals surface area contributed by atoms with Gasteiger partial charge >= 0.3 is 0 Å². The van der Waals surface area contributed by atoms with E-state index in [1.807, 2.05) is 18.8 Å². The van der Waals surface area contributed by atoms with E-state index in [2.05, 4.69) is 26.1 Å². The lowest BCUT2D eigenvalue weighted by atomic mass is 10.3. The second kappa shape index (κ2) is 6.05. The zero-order valence-corrected chi connectivity index (χ0v) is 8.29. The van der Waals surface area contributed by atoms with Crippen molar-refractivity contribution in [3.8, 4) is 0 Å². The molecule has 0 saturated carbocycles. The molecule has 0 fully saturated rings. The first-order valence-electron chi connectivity index (χ1n) is 4.01. The molecule has 0 aromatic carbocycles. The summed E-state index contributed by atoms with van der Waals surface area (Å²) in [6.45, 7) is 6.73. The van der Waals surface area contributed by atoms with Crippen molar-refractivity contribution in [1.29, 1.82) is 0 Å². The molecule has 0 amide bonds. The lowest BCUT2D eigenvalue weighted by molar-refractivity contribution is 0.605. The van der Waals surface area contributed by atoms with Gasteiger partial charge in [-0.25, -0.2) is 0 Å².